The molecule has 1 aromatic heterocycles. The summed E-state index contributed by atoms with van der Waals surface area (Å²) in [5.41, 5.74) is 0.883. The van der Waals surface area contributed by atoms with E-state index < -0.39 is 0 Å². The van der Waals surface area contributed by atoms with Crippen LogP contribution in [0.15, 0.2) is 41.0 Å². The van der Waals surface area contributed by atoms with Crippen molar-refractivity contribution in [3.05, 3.63) is 47.9 Å². The molecule has 0 fully saturated rings. The maximum atomic E-state index is 12.1. The lowest BCUT2D eigenvalue weighted by Crippen LogP contribution is -2.27. The summed E-state index contributed by atoms with van der Waals surface area (Å²) in [6, 6.07) is 9.04. The van der Waals surface area contributed by atoms with Crippen LogP contribution in [0.1, 0.15) is 30.7 Å². The van der Waals surface area contributed by atoms with Crippen molar-refractivity contribution in [2.24, 2.45) is 0 Å². The molecule has 2 rings (SSSR count). The molecule has 0 radical (unpaired) electrons. The Hall–Kier alpha value is -2.43. The van der Waals surface area contributed by atoms with E-state index in [1.165, 1.54) is 0 Å². The monoisotopic (exact) mass is 303 g/mol. The second kappa shape index (κ2) is 7.54. The Labute approximate surface area is 130 Å². The highest BCUT2D eigenvalue weighted by Gasteiger charge is 2.15. The quantitative estimate of drug-likeness (QED) is 0.854. The van der Waals surface area contributed by atoms with Gasteiger partial charge in [-0.25, -0.2) is 0 Å². The van der Waals surface area contributed by atoms with E-state index in [2.05, 4.69) is 5.32 Å². The fourth-order valence-corrected chi connectivity index (χ4v) is 2.26. The molecule has 22 heavy (non-hydrogen) atoms. The van der Waals surface area contributed by atoms with Crippen LogP contribution < -0.4 is 14.8 Å². The molecule has 118 valence electrons. The fraction of sp³-hybridized carbons (Fsp3) is 0.353. The van der Waals surface area contributed by atoms with E-state index in [1.807, 2.05) is 37.3 Å². The zero-order valence-electron chi connectivity index (χ0n) is 13.1. The summed E-state index contributed by atoms with van der Waals surface area (Å²) in [5, 5.41) is 2.97. The number of furan rings is 1. The number of amides is 1. The Morgan fingerprint density at radius 3 is 2.73 bits per heavy atom. The van der Waals surface area contributed by atoms with Gasteiger partial charge in [0.2, 0.25) is 5.91 Å². The zero-order chi connectivity index (χ0) is 15.9. The Morgan fingerprint density at radius 1 is 1.27 bits per heavy atom. The fourth-order valence-electron chi connectivity index (χ4n) is 2.26. The molecule has 0 saturated carbocycles. The number of carbonyl (C=O) groups excluding carboxylic acids is 1. The number of methoxy groups -OCH3 is 2. The third kappa shape index (κ3) is 4.04. The van der Waals surface area contributed by atoms with Gasteiger partial charge in [-0.05, 0) is 37.3 Å². The van der Waals surface area contributed by atoms with Crippen molar-refractivity contribution >= 4 is 5.91 Å². The van der Waals surface area contributed by atoms with Crippen LogP contribution in [0.4, 0.5) is 0 Å². The molecule has 0 aliphatic carbocycles. The van der Waals surface area contributed by atoms with Crippen molar-refractivity contribution < 1.29 is 18.7 Å². The molecule has 1 unspecified atom stereocenters. The lowest BCUT2D eigenvalue weighted by molar-refractivity contribution is -0.121. The average Bonchev–Trinajstić information content (AvgIpc) is 3.05. The maximum absolute atomic E-state index is 12.1. The third-order valence-electron chi connectivity index (χ3n) is 3.46. The Kier molecular flexibility index (Phi) is 5.47. The van der Waals surface area contributed by atoms with Gasteiger partial charge in [0.25, 0.3) is 0 Å². The van der Waals surface area contributed by atoms with Crippen LogP contribution in [0.3, 0.4) is 0 Å². The van der Waals surface area contributed by atoms with Crippen molar-refractivity contribution in [2.75, 3.05) is 14.2 Å². The number of aryl methyl sites for hydroxylation is 1. The summed E-state index contributed by atoms with van der Waals surface area (Å²) in [4.78, 5) is 12.1. The number of hydrogen-bond acceptors (Lipinski definition) is 4. The lowest BCUT2D eigenvalue weighted by Gasteiger charge is -2.18. The SMILES string of the molecule is COc1ccc(OC)c(C(C)NC(=O)CCc2ccco2)c1. The number of rotatable bonds is 7. The van der Waals surface area contributed by atoms with Crippen molar-refractivity contribution in [3.63, 3.8) is 0 Å². The Bertz CT molecular complexity index is 607. The minimum Gasteiger partial charge on any atom is -0.497 e. The van der Waals surface area contributed by atoms with Gasteiger partial charge >= 0.3 is 0 Å². The molecule has 1 N–H and O–H groups in total. The van der Waals surface area contributed by atoms with E-state index in [1.54, 1.807) is 20.5 Å². The number of nitrogens with one attached hydrogen (secondary N) is 1. The predicted octanol–water partition coefficient (Wildman–Crippen LogP) is 3.11. The van der Waals surface area contributed by atoms with Crippen LogP contribution in [-0.2, 0) is 11.2 Å². The van der Waals surface area contributed by atoms with Crippen molar-refractivity contribution in [3.8, 4) is 11.5 Å². The van der Waals surface area contributed by atoms with Crippen LogP contribution in [0.2, 0.25) is 0 Å². The minimum absolute atomic E-state index is 0.0335. The maximum Gasteiger partial charge on any atom is 0.220 e. The molecule has 5 nitrogen and oxygen atoms in total. The van der Waals surface area contributed by atoms with Gasteiger partial charge in [0.1, 0.15) is 17.3 Å². The van der Waals surface area contributed by atoms with Gasteiger partial charge in [-0.2, -0.15) is 0 Å². The highest BCUT2D eigenvalue weighted by Crippen LogP contribution is 2.29. The average molecular weight is 303 g/mol. The van der Waals surface area contributed by atoms with Gasteiger partial charge in [-0.15, -0.1) is 0 Å². The van der Waals surface area contributed by atoms with Crippen molar-refractivity contribution in [2.45, 2.75) is 25.8 Å². The van der Waals surface area contributed by atoms with Crippen molar-refractivity contribution in [1.82, 2.24) is 5.32 Å². The van der Waals surface area contributed by atoms with E-state index in [-0.39, 0.29) is 11.9 Å². The first-order valence-electron chi connectivity index (χ1n) is 7.17. The highest BCUT2D eigenvalue weighted by molar-refractivity contribution is 5.76. The first kappa shape index (κ1) is 15.9. The minimum atomic E-state index is -0.172. The Morgan fingerprint density at radius 2 is 2.09 bits per heavy atom. The lowest BCUT2D eigenvalue weighted by atomic mass is 10.1. The van der Waals surface area contributed by atoms with Crippen LogP contribution in [-0.4, -0.2) is 20.1 Å². The van der Waals surface area contributed by atoms with E-state index in [4.69, 9.17) is 13.9 Å². The van der Waals surface area contributed by atoms with Gasteiger partial charge in [-0.3, -0.25) is 4.79 Å². The van der Waals surface area contributed by atoms with Crippen LogP contribution in [0, 0.1) is 0 Å². The summed E-state index contributed by atoms with van der Waals surface area (Å²) in [6.07, 6.45) is 2.57. The topological polar surface area (TPSA) is 60.7 Å². The normalized spacial score (nSPS) is 11.8. The van der Waals surface area contributed by atoms with Gasteiger partial charge < -0.3 is 19.2 Å². The van der Waals surface area contributed by atoms with E-state index in [0.29, 0.717) is 12.8 Å². The highest BCUT2D eigenvalue weighted by atomic mass is 16.5. The van der Waals surface area contributed by atoms with E-state index in [0.717, 1.165) is 22.8 Å². The molecule has 5 heteroatoms. The largest absolute Gasteiger partial charge is 0.497 e. The molecule has 1 atom stereocenters. The van der Waals surface area contributed by atoms with Gasteiger partial charge in [0, 0.05) is 18.4 Å². The molecule has 1 heterocycles. The molecule has 1 amide bonds. The summed E-state index contributed by atoms with van der Waals surface area (Å²) < 4.78 is 15.8. The number of hydrogen-bond donors (Lipinski definition) is 1. The number of benzene rings is 1. The smallest absolute Gasteiger partial charge is 0.220 e. The molecule has 0 saturated heterocycles. The van der Waals surface area contributed by atoms with Gasteiger partial charge in [-0.1, -0.05) is 0 Å². The zero-order valence-corrected chi connectivity index (χ0v) is 13.1. The number of carbonyl (C=O) groups is 1. The second-order valence-corrected chi connectivity index (χ2v) is 4.98. The van der Waals surface area contributed by atoms with Gasteiger partial charge in [0.15, 0.2) is 0 Å². The number of ether oxygens (including phenoxy) is 2. The van der Waals surface area contributed by atoms with E-state index in [9.17, 15) is 4.79 Å². The summed E-state index contributed by atoms with van der Waals surface area (Å²) >= 11 is 0. The molecule has 0 bridgehead atoms. The van der Waals surface area contributed by atoms with Crippen LogP contribution in [0.5, 0.6) is 11.5 Å². The standard InChI is InChI=1S/C17H21NO4/c1-12(15-11-14(20-2)6-8-16(15)21-3)18-17(19)9-7-13-5-4-10-22-13/h4-6,8,10-12H,7,9H2,1-3H3,(H,18,19). The molecule has 0 spiro atoms. The molecule has 2 aromatic rings. The first-order valence-corrected chi connectivity index (χ1v) is 7.17. The predicted molar refractivity (Wildman–Crippen MR) is 83.1 cm³/mol. The molecular weight excluding hydrogens is 282 g/mol. The molecule has 0 aliphatic heterocycles. The molecule has 1 aromatic carbocycles. The molecule has 0 aliphatic rings. The third-order valence-corrected chi connectivity index (χ3v) is 3.46. The summed E-state index contributed by atoms with van der Waals surface area (Å²) in [7, 11) is 3.22. The summed E-state index contributed by atoms with van der Waals surface area (Å²) in [6.45, 7) is 1.92. The van der Waals surface area contributed by atoms with Crippen LogP contribution in [0.25, 0.3) is 0 Å². The van der Waals surface area contributed by atoms with Gasteiger partial charge in [0.05, 0.1) is 26.5 Å². The first-order chi connectivity index (χ1) is 10.6. The van der Waals surface area contributed by atoms with E-state index >= 15 is 0 Å². The van der Waals surface area contributed by atoms with Crippen LogP contribution >= 0.6 is 0 Å². The molecular formula is C17H21NO4. The van der Waals surface area contributed by atoms with Crippen molar-refractivity contribution in [1.29, 1.82) is 0 Å². The Balaban J connectivity index is 1.98. The second-order valence-electron chi connectivity index (χ2n) is 4.98. The summed E-state index contributed by atoms with van der Waals surface area (Å²) in [5.74, 6) is 2.22.